The fourth-order valence-corrected chi connectivity index (χ4v) is 3.47. The molecule has 5 nitrogen and oxygen atoms in total. The fourth-order valence-electron chi connectivity index (χ4n) is 3.47. The Labute approximate surface area is 168 Å². The maximum atomic E-state index is 13.6. The van der Waals surface area contributed by atoms with Crippen molar-refractivity contribution in [3.8, 4) is 0 Å². The van der Waals surface area contributed by atoms with Crippen LogP contribution in [0.25, 0.3) is 0 Å². The quantitative estimate of drug-likeness (QED) is 0.751. The van der Waals surface area contributed by atoms with Gasteiger partial charge in [0.05, 0.1) is 6.04 Å². The number of benzene rings is 1. The predicted octanol–water partition coefficient (Wildman–Crippen LogP) is 3.16. The number of amides is 2. The molecule has 0 radical (unpaired) electrons. The number of carbonyl (C=O) groups is 2. The van der Waals surface area contributed by atoms with Gasteiger partial charge in [-0.1, -0.05) is 19.1 Å². The standard InChI is InChI=1S/C22H34FN3O2/c1-6-22(4,5)25-16(3)21(28)26-11-9-18(10-12-26)20(27)24-14-17-8-7-15(2)19(23)13-17/h7-8,13,16,18,25H,6,9-12,14H2,1-5H3,(H,24,27)/t16-/m0/s1. The first-order chi connectivity index (χ1) is 13.1. The van der Waals surface area contributed by atoms with Crippen LogP contribution in [0.2, 0.25) is 0 Å². The Morgan fingerprint density at radius 3 is 2.50 bits per heavy atom. The minimum absolute atomic E-state index is 0.0219. The van der Waals surface area contributed by atoms with Crippen LogP contribution >= 0.6 is 0 Å². The molecule has 0 aliphatic carbocycles. The third-order valence-corrected chi connectivity index (χ3v) is 5.74. The van der Waals surface area contributed by atoms with E-state index in [0.717, 1.165) is 12.0 Å². The van der Waals surface area contributed by atoms with E-state index in [-0.39, 0.29) is 35.1 Å². The molecule has 1 aliphatic heterocycles. The summed E-state index contributed by atoms with van der Waals surface area (Å²) in [6.45, 7) is 11.4. The van der Waals surface area contributed by atoms with Gasteiger partial charge in [-0.25, -0.2) is 4.39 Å². The van der Waals surface area contributed by atoms with Gasteiger partial charge in [0.15, 0.2) is 0 Å². The number of hydrogen-bond acceptors (Lipinski definition) is 3. The number of carbonyl (C=O) groups excluding carboxylic acids is 2. The minimum Gasteiger partial charge on any atom is -0.352 e. The molecule has 1 heterocycles. The minimum atomic E-state index is -0.257. The summed E-state index contributed by atoms with van der Waals surface area (Å²) in [7, 11) is 0. The average Bonchev–Trinajstić information content (AvgIpc) is 2.67. The van der Waals surface area contributed by atoms with Gasteiger partial charge in [0.25, 0.3) is 0 Å². The van der Waals surface area contributed by atoms with Crippen molar-refractivity contribution in [3.63, 3.8) is 0 Å². The number of piperidine rings is 1. The second kappa shape index (κ2) is 9.50. The van der Waals surface area contributed by atoms with Crippen LogP contribution in [0, 0.1) is 18.7 Å². The third kappa shape index (κ3) is 6.03. The molecule has 2 amide bonds. The normalized spacial score (nSPS) is 16.7. The molecule has 1 saturated heterocycles. The van der Waals surface area contributed by atoms with Gasteiger partial charge in [0.1, 0.15) is 5.82 Å². The maximum absolute atomic E-state index is 13.6. The monoisotopic (exact) mass is 391 g/mol. The third-order valence-electron chi connectivity index (χ3n) is 5.74. The van der Waals surface area contributed by atoms with E-state index >= 15 is 0 Å². The molecule has 0 unspecified atom stereocenters. The number of rotatable bonds is 7. The van der Waals surface area contributed by atoms with Crippen LogP contribution in [-0.2, 0) is 16.1 Å². The molecule has 1 aromatic rings. The smallest absolute Gasteiger partial charge is 0.239 e. The summed E-state index contributed by atoms with van der Waals surface area (Å²) in [5.41, 5.74) is 1.27. The van der Waals surface area contributed by atoms with Crippen LogP contribution in [0.3, 0.4) is 0 Å². The van der Waals surface area contributed by atoms with Gasteiger partial charge in [-0.2, -0.15) is 0 Å². The van der Waals surface area contributed by atoms with Crippen LogP contribution in [0.4, 0.5) is 4.39 Å². The zero-order valence-electron chi connectivity index (χ0n) is 17.8. The van der Waals surface area contributed by atoms with E-state index in [1.165, 1.54) is 6.07 Å². The molecular formula is C22H34FN3O2. The molecule has 1 atom stereocenters. The first-order valence-corrected chi connectivity index (χ1v) is 10.2. The lowest BCUT2D eigenvalue weighted by atomic mass is 9.95. The van der Waals surface area contributed by atoms with Crippen LogP contribution in [-0.4, -0.2) is 41.4 Å². The van der Waals surface area contributed by atoms with Crippen molar-refractivity contribution in [2.75, 3.05) is 13.1 Å². The van der Waals surface area contributed by atoms with E-state index in [1.54, 1.807) is 13.0 Å². The molecular weight excluding hydrogens is 357 g/mol. The lowest BCUT2D eigenvalue weighted by Crippen LogP contribution is -2.54. The lowest BCUT2D eigenvalue weighted by Gasteiger charge is -2.35. The summed E-state index contributed by atoms with van der Waals surface area (Å²) in [5.74, 6) is -0.288. The Bertz CT molecular complexity index is 697. The zero-order chi connectivity index (χ0) is 20.9. The number of aryl methyl sites for hydroxylation is 1. The van der Waals surface area contributed by atoms with E-state index < -0.39 is 0 Å². The Kier molecular flexibility index (Phi) is 7.58. The first kappa shape index (κ1) is 22.3. The summed E-state index contributed by atoms with van der Waals surface area (Å²) >= 11 is 0. The second-order valence-electron chi connectivity index (χ2n) is 8.50. The molecule has 1 fully saturated rings. The molecule has 0 aromatic heterocycles. The SMILES string of the molecule is CCC(C)(C)N[C@@H](C)C(=O)N1CCC(C(=O)NCc2ccc(C)c(F)c2)CC1. The molecule has 1 aliphatic rings. The highest BCUT2D eigenvalue weighted by Gasteiger charge is 2.30. The van der Waals surface area contributed by atoms with Gasteiger partial charge in [-0.3, -0.25) is 9.59 Å². The lowest BCUT2D eigenvalue weighted by molar-refractivity contribution is -0.137. The van der Waals surface area contributed by atoms with Crippen LogP contribution in [0.15, 0.2) is 18.2 Å². The molecule has 0 spiro atoms. The Balaban J connectivity index is 1.79. The van der Waals surface area contributed by atoms with E-state index in [2.05, 4.69) is 31.4 Å². The van der Waals surface area contributed by atoms with E-state index in [0.29, 0.717) is 38.0 Å². The van der Waals surface area contributed by atoms with Gasteiger partial charge in [0, 0.05) is 31.1 Å². The van der Waals surface area contributed by atoms with Crippen molar-refractivity contribution in [3.05, 3.63) is 35.1 Å². The van der Waals surface area contributed by atoms with Gasteiger partial charge < -0.3 is 15.5 Å². The molecule has 2 rings (SSSR count). The van der Waals surface area contributed by atoms with Gasteiger partial charge >= 0.3 is 0 Å². The molecule has 0 bridgehead atoms. The van der Waals surface area contributed by atoms with Crippen molar-refractivity contribution in [1.82, 2.24) is 15.5 Å². The molecule has 6 heteroatoms. The van der Waals surface area contributed by atoms with E-state index in [1.807, 2.05) is 17.9 Å². The van der Waals surface area contributed by atoms with Crippen LogP contribution < -0.4 is 10.6 Å². The largest absolute Gasteiger partial charge is 0.352 e. The highest BCUT2D eigenvalue weighted by Crippen LogP contribution is 2.19. The van der Waals surface area contributed by atoms with Crippen molar-refractivity contribution in [1.29, 1.82) is 0 Å². The number of likely N-dealkylation sites (tertiary alicyclic amines) is 1. The zero-order valence-corrected chi connectivity index (χ0v) is 17.8. The summed E-state index contributed by atoms with van der Waals surface area (Å²) in [6, 6.07) is 4.77. The average molecular weight is 392 g/mol. The molecule has 2 N–H and O–H groups in total. The maximum Gasteiger partial charge on any atom is 0.239 e. The summed E-state index contributed by atoms with van der Waals surface area (Å²) in [5, 5.41) is 6.28. The van der Waals surface area contributed by atoms with Crippen molar-refractivity contribution >= 4 is 11.8 Å². The van der Waals surface area contributed by atoms with Crippen molar-refractivity contribution < 1.29 is 14.0 Å². The van der Waals surface area contributed by atoms with Gasteiger partial charge in [-0.05, 0) is 64.2 Å². The Hall–Kier alpha value is -1.95. The molecule has 0 saturated carbocycles. The van der Waals surface area contributed by atoms with Crippen molar-refractivity contribution in [2.45, 2.75) is 72.0 Å². The van der Waals surface area contributed by atoms with E-state index in [4.69, 9.17) is 0 Å². The van der Waals surface area contributed by atoms with Gasteiger partial charge in [-0.15, -0.1) is 0 Å². The first-order valence-electron chi connectivity index (χ1n) is 10.2. The summed E-state index contributed by atoms with van der Waals surface area (Å²) in [4.78, 5) is 27.0. The van der Waals surface area contributed by atoms with Crippen molar-refractivity contribution in [2.24, 2.45) is 5.92 Å². The van der Waals surface area contributed by atoms with Crippen LogP contribution in [0.1, 0.15) is 58.1 Å². The highest BCUT2D eigenvalue weighted by molar-refractivity contribution is 5.82. The summed E-state index contributed by atoms with van der Waals surface area (Å²) in [6.07, 6.45) is 2.26. The van der Waals surface area contributed by atoms with Crippen LogP contribution in [0.5, 0.6) is 0 Å². The number of halogens is 1. The predicted molar refractivity (Wildman–Crippen MR) is 109 cm³/mol. The Morgan fingerprint density at radius 2 is 1.93 bits per heavy atom. The van der Waals surface area contributed by atoms with E-state index in [9.17, 15) is 14.0 Å². The molecule has 28 heavy (non-hydrogen) atoms. The number of hydrogen-bond donors (Lipinski definition) is 2. The summed E-state index contributed by atoms with van der Waals surface area (Å²) < 4.78 is 13.6. The second-order valence-corrected chi connectivity index (χ2v) is 8.50. The van der Waals surface area contributed by atoms with Gasteiger partial charge in [0.2, 0.25) is 11.8 Å². The number of nitrogens with one attached hydrogen (secondary N) is 2. The molecule has 1 aromatic carbocycles. The highest BCUT2D eigenvalue weighted by atomic mass is 19.1. The Morgan fingerprint density at radius 1 is 1.29 bits per heavy atom. The molecule has 156 valence electrons. The number of nitrogens with zero attached hydrogens (tertiary/aromatic N) is 1. The topological polar surface area (TPSA) is 61.4 Å². The fraction of sp³-hybridized carbons (Fsp3) is 0.636.